The molecule has 0 unspecified atom stereocenters. The van der Waals surface area contributed by atoms with E-state index in [1.807, 2.05) is 33.8 Å². The molecule has 2 aromatic carbocycles. The summed E-state index contributed by atoms with van der Waals surface area (Å²) in [4.78, 5) is 22.9. The van der Waals surface area contributed by atoms with Crippen molar-refractivity contribution >= 4 is 55.0 Å². The highest BCUT2D eigenvalue weighted by atomic mass is 32.2. The molecule has 0 saturated carbocycles. The SMILES string of the molecule is CCOC(=O)c1c(Nc2nc3ccccc3nc2NS(=O)(=O)c2ccc(C)c(C)c2)sc(C)c1C. The number of rotatable bonds is 7. The van der Waals surface area contributed by atoms with E-state index >= 15 is 0 Å². The standard InChI is InChI=1S/C25H26N4O4S2/c1-6-33-25(30)21-16(4)17(5)34-24(21)28-22-23(27-20-10-8-7-9-19(20)26-22)29-35(31,32)18-12-11-14(2)15(3)13-18/h7-13H,6H2,1-5H3,(H,26,28)(H,27,29). The maximum absolute atomic E-state index is 13.2. The number of carbonyl (C=O) groups excluding carboxylic acids is 1. The summed E-state index contributed by atoms with van der Waals surface area (Å²) in [7, 11) is -3.95. The number of benzene rings is 2. The molecular formula is C25H26N4O4S2. The lowest BCUT2D eigenvalue weighted by atomic mass is 10.1. The molecule has 0 radical (unpaired) electrons. The lowest BCUT2D eigenvalue weighted by molar-refractivity contribution is 0.0527. The Morgan fingerprint density at radius 2 is 1.63 bits per heavy atom. The zero-order valence-corrected chi connectivity index (χ0v) is 21.7. The minimum Gasteiger partial charge on any atom is -0.462 e. The van der Waals surface area contributed by atoms with E-state index in [0.717, 1.165) is 21.6 Å². The number of anilines is 3. The molecule has 4 aromatic rings. The number of nitrogens with one attached hydrogen (secondary N) is 2. The average Bonchev–Trinajstić information content (AvgIpc) is 3.08. The van der Waals surface area contributed by atoms with Gasteiger partial charge in [0.15, 0.2) is 11.6 Å². The van der Waals surface area contributed by atoms with Crippen LogP contribution in [0.25, 0.3) is 11.0 Å². The number of thiophene rings is 1. The first-order valence-electron chi connectivity index (χ1n) is 11.0. The van der Waals surface area contributed by atoms with Crippen molar-refractivity contribution in [3.05, 3.63) is 69.6 Å². The Kier molecular flexibility index (Phi) is 6.77. The molecule has 10 heteroatoms. The van der Waals surface area contributed by atoms with Gasteiger partial charge in [-0.15, -0.1) is 11.3 Å². The maximum Gasteiger partial charge on any atom is 0.341 e. The Labute approximate surface area is 208 Å². The van der Waals surface area contributed by atoms with Gasteiger partial charge in [0.2, 0.25) is 0 Å². The summed E-state index contributed by atoms with van der Waals surface area (Å²) in [5.74, 6) is -0.244. The smallest absolute Gasteiger partial charge is 0.341 e. The topological polar surface area (TPSA) is 110 Å². The summed E-state index contributed by atoms with van der Waals surface area (Å²) in [6, 6.07) is 12.1. The Hall–Kier alpha value is -3.50. The zero-order chi connectivity index (χ0) is 25.3. The number of aromatic nitrogens is 2. The second-order valence-corrected chi connectivity index (χ2v) is 11.0. The Morgan fingerprint density at radius 1 is 0.971 bits per heavy atom. The molecule has 0 spiro atoms. The van der Waals surface area contributed by atoms with Gasteiger partial charge in [0.05, 0.1) is 28.1 Å². The predicted molar refractivity (Wildman–Crippen MR) is 139 cm³/mol. The van der Waals surface area contributed by atoms with Gasteiger partial charge >= 0.3 is 5.97 Å². The van der Waals surface area contributed by atoms with Gasteiger partial charge in [-0.3, -0.25) is 4.72 Å². The summed E-state index contributed by atoms with van der Waals surface area (Å²) in [5, 5.41) is 3.65. The van der Waals surface area contributed by atoms with E-state index in [1.54, 1.807) is 43.3 Å². The van der Waals surface area contributed by atoms with Crippen LogP contribution in [0, 0.1) is 27.7 Å². The molecule has 182 valence electrons. The van der Waals surface area contributed by atoms with Gasteiger partial charge in [0, 0.05) is 4.88 Å². The van der Waals surface area contributed by atoms with E-state index in [0.29, 0.717) is 21.6 Å². The van der Waals surface area contributed by atoms with Crippen molar-refractivity contribution in [2.75, 3.05) is 16.6 Å². The molecule has 0 saturated heterocycles. The summed E-state index contributed by atoms with van der Waals surface area (Å²) < 4.78 is 34.3. The Morgan fingerprint density at radius 3 is 2.26 bits per heavy atom. The first kappa shape index (κ1) is 24.6. The number of sulfonamides is 1. The number of ether oxygens (including phenoxy) is 1. The van der Waals surface area contributed by atoms with E-state index in [-0.39, 0.29) is 23.1 Å². The largest absolute Gasteiger partial charge is 0.462 e. The summed E-state index contributed by atoms with van der Waals surface area (Å²) >= 11 is 1.37. The molecular weight excluding hydrogens is 484 g/mol. The van der Waals surface area contributed by atoms with Gasteiger partial charge < -0.3 is 10.1 Å². The highest BCUT2D eigenvalue weighted by Gasteiger charge is 2.24. The summed E-state index contributed by atoms with van der Waals surface area (Å²) in [6.45, 7) is 9.51. The van der Waals surface area contributed by atoms with Gasteiger partial charge in [0.1, 0.15) is 5.00 Å². The molecule has 0 atom stereocenters. The van der Waals surface area contributed by atoms with Crippen molar-refractivity contribution < 1.29 is 17.9 Å². The number of carbonyl (C=O) groups is 1. The lowest BCUT2D eigenvalue weighted by Gasteiger charge is -2.14. The minimum atomic E-state index is -3.95. The molecule has 0 aliphatic carbocycles. The molecule has 0 fully saturated rings. The van der Waals surface area contributed by atoms with Crippen molar-refractivity contribution in [2.45, 2.75) is 39.5 Å². The van der Waals surface area contributed by atoms with Gasteiger partial charge in [-0.1, -0.05) is 18.2 Å². The van der Waals surface area contributed by atoms with Crippen LogP contribution in [0.3, 0.4) is 0 Å². The lowest BCUT2D eigenvalue weighted by Crippen LogP contribution is -2.16. The fourth-order valence-electron chi connectivity index (χ4n) is 3.50. The molecule has 0 aliphatic rings. The second kappa shape index (κ2) is 9.63. The van der Waals surface area contributed by atoms with Gasteiger partial charge in [-0.2, -0.15) is 0 Å². The molecule has 2 N–H and O–H groups in total. The van der Waals surface area contributed by atoms with Crippen LogP contribution >= 0.6 is 11.3 Å². The van der Waals surface area contributed by atoms with Crippen LogP contribution in [-0.4, -0.2) is 31.0 Å². The quantitative estimate of drug-likeness (QED) is 0.309. The third kappa shape index (κ3) is 4.98. The number of esters is 1. The third-order valence-electron chi connectivity index (χ3n) is 5.69. The number of aryl methyl sites for hydroxylation is 3. The highest BCUT2D eigenvalue weighted by Crippen LogP contribution is 2.37. The normalized spacial score (nSPS) is 11.5. The monoisotopic (exact) mass is 510 g/mol. The van der Waals surface area contributed by atoms with Crippen LogP contribution in [0.4, 0.5) is 16.6 Å². The number of hydrogen-bond donors (Lipinski definition) is 2. The summed E-state index contributed by atoms with van der Waals surface area (Å²) in [5.41, 5.74) is 4.15. The number of fused-ring (bicyclic) bond motifs is 1. The second-order valence-electron chi connectivity index (χ2n) is 8.09. The molecule has 35 heavy (non-hydrogen) atoms. The zero-order valence-electron chi connectivity index (χ0n) is 20.1. The van der Waals surface area contributed by atoms with E-state index in [9.17, 15) is 13.2 Å². The van der Waals surface area contributed by atoms with Crippen molar-refractivity contribution in [3.63, 3.8) is 0 Å². The molecule has 2 aromatic heterocycles. The first-order valence-corrected chi connectivity index (χ1v) is 13.3. The van der Waals surface area contributed by atoms with E-state index in [2.05, 4.69) is 20.0 Å². The van der Waals surface area contributed by atoms with Crippen molar-refractivity contribution in [3.8, 4) is 0 Å². The predicted octanol–water partition coefficient (Wildman–Crippen LogP) is 5.65. The third-order valence-corrected chi connectivity index (χ3v) is 8.15. The summed E-state index contributed by atoms with van der Waals surface area (Å²) in [6.07, 6.45) is 0. The fourth-order valence-corrected chi connectivity index (χ4v) is 5.64. The fraction of sp³-hybridized carbons (Fsp3) is 0.240. The number of para-hydroxylation sites is 2. The van der Waals surface area contributed by atoms with Crippen molar-refractivity contribution in [2.24, 2.45) is 0 Å². The Bertz CT molecular complexity index is 1540. The molecule has 0 bridgehead atoms. The van der Waals surface area contributed by atoms with Crippen LogP contribution in [0.1, 0.15) is 38.8 Å². The van der Waals surface area contributed by atoms with Gasteiger partial charge in [-0.05, 0) is 75.6 Å². The maximum atomic E-state index is 13.2. The molecule has 0 amide bonds. The molecule has 8 nitrogen and oxygen atoms in total. The van der Waals surface area contributed by atoms with E-state index in [4.69, 9.17) is 4.74 Å². The van der Waals surface area contributed by atoms with E-state index < -0.39 is 16.0 Å². The number of hydrogen-bond acceptors (Lipinski definition) is 8. The van der Waals surface area contributed by atoms with Crippen LogP contribution in [0.15, 0.2) is 47.4 Å². The highest BCUT2D eigenvalue weighted by molar-refractivity contribution is 7.92. The average molecular weight is 511 g/mol. The van der Waals surface area contributed by atoms with Crippen LogP contribution in [0.5, 0.6) is 0 Å². The van der Waals surface area contributed by atoms with Gasteiger partial charge in [0.25, 0.3) is 10.0 Å². The van der Waals surface area contributed by atoms with Crippen molar-refractivity contribution in [1.29, 1.82) is 0 Å². The molecule has 0 aliphatic heterocycles. The first-order chi connectivity index (χ1) is 16.6. The van der Waals surface area contributed by atoms with E-state index in [1.165, 1.54) is 11.3 Å². The van der Waals surface area contributed by atoms with Gasteiger partial charge in [-0.25, -0.2) is 23.2 Å². The minimum absolute atomic E-state index is 0.0282. The molecule has 2 heterocycles. The van der Waals surface area contributed by atoms with Crippen LogP contribution in [0.2, 0.25) is 0 Å². The van der Waals surface area contributed by atoms with Crippen LogP contribution in [-0.2, 0) is 14.8 Å². The van der Waals surface area contributed by atoms with Crippen LogP contribution < -0.4 is 10.0 Å². The Balaban J connectivity index is 1.81. The number of nitrogens with zero attached hydrogens (tertiary/aromatic N) is 2. The van der Waals surface area contributed by atoms with Crippen molar-refractivity contribution in [1.82, 2.24) is 9.97 Å². The molecule has 4 rings (SSSR count).